The van der Waals surface area contributed by atoms with Crippen molar-refractivity contribution >= 4 is 27.5 Å². The number of rotatable bonds is 7. The quantitative estimate of drug-likeness (QED) is 0.690. The van der Waals surface area contributed by atoms with E-state index in [0.717, 1.165) is 19.3 Å². The Balaban J connectivity index is 1.62. The molecule has 0 aromatic heterocycles. The molecule has 2 aromatic carbocycles. The Kier molecular flexibility index (Phi) is 6.11. The largest absolute Gasteiger partial charge is 0.478 e. The van der Waals surface area contributed by atoms with Crippen molar-refractivity contribution in [2.75, 3.05) is 25.0 Å². The van der Waals surface area contributed by atoms with Gasteiger partial charge in [0.2, 0.25) is 10.0 Å². The number of carboxylic acids is 1. The third-order valence-corrected chi connectivity index (χ3v) is 6.63. The highest BCUT2D eigenvalue weighted by atomic mass is 32.2. The summed E-state index contributed by atoms with van der Waals surface area (Å²) < 4.78 is 26.8. The van der Waals surface area contributed by atoms with Crippen LogP contribution in [0.5, 0.6) is 0 Å². The predicted octanol–water partition coefficient (Wildman–Crippen LogP) is 2.85. The maximum absolute atomic E-state index is 12.6. The van der Waals surface area contributed by atoms with E-state index >= 15 is 0 Å². The van der Waals surface area contributed by atoms with E-state index in [1.54, 1.807) is 12.1 Å². The second kappa shape index (κ2) is 8.53. The second-order valence-corrected chi connectivity index (χ2v) is 8.59. The van der Waals surface area contributed by atoms with E-state index in [1.165, 1.54) is 40.7 Å². The third-order valence-electron chi connectivity index (χ3n) is 4.71. The summed E-state index contributed by atoms with van der Waals surface area (Å²) in [5, 5.41) is 11.8. The molecule has 1 aliphatic heterocycles. The topological polar surface area (TPSA) is 104 Å². The van der Waals surface area contributed by atoms with Crippen LogP contribution < -0.4 is 5.32 Å². The lowest BCUT2D eigenvalue weighted by molar-refractivity contribution is 0.0696. The van der Waals surface area contributed by atoms with E-state index in [1.807, 2.05) is 0 Å². The molecule has 8 heteroatoms. The van der Waals surface area contributed by atoms with Gasteiger partial charge in [-0.1, -0.05) is 6.42 Å². The van der Waals surface area contributed by atoms with Crippen LogP contribution in [-0.2, 0) is 10.0 Å². The Morgan fingerprint density at radius 1 is 0.893 bits per heavy atom. The van der Waals surface area contributed by atoms with Gasteiger partial charge in [0, 0.05) is 24.3 Å². The molecule has 7 nitrogen and oxygen atoms in total. The molecule has 2 N–H and O–H groups in total. The van der Waals surface area contributed by atoms with Crippen molar-refractivity contribution in [3.63, 3.8) is 0 Å². The summed E-state index contributed by atoms with van der Waals surface area (Å²) in [7, 11) is -3.51. The summed E-state index contributed by atoms with van der Waals surface area (Å²) in [5.74, 6) is -1.20. The number of anilines is 1. The first-order valence-electron chi connectivity index (χ1n) is 9.08. The van der Waals surface area contributed by atoms with E-state index in [2.05, 4.69) is 5.32 Å². The molecule has 0 amide bonds. The van der Waals surface area contributed by atoms with Gasteiger partial charge in [-0.3, -0.25) is 4.79 Å². The average molecular weight is 402 g/mol. The second-order valence-electron chi connectivity index (χ2n) is 6.65. The zero-order valence-corrected chi connectivity index (χ0v) is 16.1. The molecule has 0 bridgehead atoms. The highest BCUT2D eigenvalue weighted by molar-refractivity contribution is 7.89. The standard InChI is InChI=1S/C20H22N2O5S/c23-19(14-21-17-8-4-16(5-9-17)20(24)25)15-6-10-18(11-7-15)28(26,27)22-12-2-1-3-13-22/h4-11,21H,1-3,12-14H2,(H,24,25). The first kappa shape index (κ1) is 20.0. The van der Waals surface area contributed by atoms with E-state index in [0.29, 0.717) is 24.3 Å². The number of carboxylic acid groups (broad SMARTS) is 1. The van der Waals surface area contributed by atoms with Gasteiger partial charge in [-0.25, -0.2) is 13.2 Å². The molecule has 1 aliphatic rings. The first-order chi connectivity index (χ1) is 13.4. The summed E-state index contributed by atoms with van der Waals surface area (Å²) in [6, 6.07) is 12.1. The molecule has 0 atom stereocenters. The minimum absolute atomic E-state index is 0.0185. The Hall–Kier alpha value is -2.71. The monoisotopic (exact) mass is 402 g/mol. The normalized spacial score (nSPS) is 15.1. The van der Waals surface area contributed by atoms with E-state index in [9.17, 15) is 18.0 Å². The molecule has 2 aromatic rings. The van der Waals surface area contributed by atoms with Crippen LogP contribution in [0.3, 0.4) is 0 Å². The number of Topliss-reactive ketones (excluding diaryl/α,β-unsaturated/α-hetero) is 1. The van der Waals surface area contributed by atoms with E-state index < -0.39 is 16.0 Å². The molecule has 148 valence electrons. The molecule has 0 radical (unpaired) electrons. The number of hydrogen-bond donors (Lipinski definition) is 2. The SMILES string of the molecule is O=C(O)c1ccc(NCC(=O)c2ccc(S(=O)(=O)N3CCCCC3)cc2)cc1. The molecule has 28 heavy (non-hydrogen) atoms. The lowest BCUT2D eigenvalue weighted by atomic mass is 10.1. The average Bonchev–Trinajstić information content (AvgIpc) is 2.73. The molecular formula is C20H22N2O5S. The molecule has 1 saturated heterocycles. The van der Waals surface area contributed by atoms with Gasteiger partial charge in [0.25, 0.3) is 0 Å². The van der Waals surface area contributed by atoms with Crippen LogP contribution in [0.2, 0.25) is 0 Å². The van der Waals surface area contributed by atoms with Crippen LogP contribution in [0.1, 0.15) is 40.0 Å². The number of hydrogen-bond acceptors (Lipinski definition) is 5. The lowest BCUT2D eigenvalue weighted by Crippen LogP contribution is -2.35. The molecule has 0 saturated carbocycles. The Morgan fingerprint density at radius 3 is 2.04 bits per heavy atom. The Labute approximate surface area is 164 Å². The molecule has 0 unspecified atom stereocenters. The molecule has 1 heterocycles. The number of piperidine rings is 1. The minimum atomic E-state index is -3.51. The number of benzene rings is 2. The molecular weight excluding hydrogens is 380 g/mol. The van der Waals surface area contributed by atoms with Gasteiger partial charge in [-0.15, -0.1) is 0 Å². The summed E-state index contributed by atoms with van der Waals surface area (Å²) >= 11 is 0. The minimum Gasteiger partial charge on any atom is -0.478 e. The predicted molar refractivity (Wildman–Crippen MR) is 105 cm³/mol. The summed E-state index contributed by atoms with van der Waals surface area (Å²) in [4.78, 5) is 23.4. The number of sulfonamides is 1. The summed E-state index contributed by atoms with van der Waals surface area (Å²) in [6.45, 7) is 1.09. The van der Waals surface area contributed by atoms with E-state index in [-0.39, 0.29) is 22.8 Å². The zero-order valence-electron chi connectivity index (χ0n) is 15.3. The fourth-order valence-electron chi connectivity index (χ4n) is 3.08. The molecule has 1 fully saturated rings. The fraction of sp³-hybridized carbons (Fsp3) is 0.300. The van der Waals surface area contributed by atoms with Crippen LogP contribution in [0.15, 0.2) is 53.4 Å². The van der Waals surface area contributed by atoms with Crippen molar-refractivity contribution in [1.29, 1.82) is 0 Å². The van der Waals surface area contributed by atoms with Gasteiger partial charge in [0.15, 0.2) is 5.78 Å². The fourth-order valence-corrected chi connectivity index (χ4v) is 4.60. The number of nitrogens with one attached hydrogen (secondary N) is 1. The van der Waals surface area contributed by atoms with Crippen molar-refractivity contribution < 1.29 is 23.1 Å². The van der Waals surface area contributed by atoms with Crippen LogP contribution >= 0.6 is 0 Å². The van der Waals surface area contributed by atoms with Crippen LogP contribution in [0.4, 0.5) is 5.69 Å². The number of ketones is 1. The highest BCUT2D eigenvalue weighted by Crippen LogP contribution is 2.21. The maximum atomic E-state index is 12.6. The van der Waals surface area contributed by atoms with Gasteiger partial charge in [0.05, 0.1) is 17.0 Å². The lowest BCUT2D eigenvalue weighted by Gasteiger charge is -2.25. The summed E-state index contributed by atoms with van der Waals surface area (Å²) in [6.07, 6.45) is 2.79. The van der Waals surface area contributed by atoms with Gasteiger partial charge in [-0.2, -0.15) is 4.31 Å². The number of carbonyl (C=O) groups is 2. The zero-order chi connectivity index (χ0) is 20.1. The van der Waals surface area contributed by atoms with Crippen LogP contribution in [0, 0.1) is 0 Å². The van der Waals surface area contributed by atoms with Crippen LogP contribution in [-0.4, -0.2) is 49.2 Å². The van der Waals surface area contributed by atoms with Crippen molar-refractivity contribution in [2.24, 2.45) is 0 Å². The molecule has 0 aliphatic carbocycles. The van der Waals surface area contributed by atoms with Gasteiger partial charge in [0.1, 0.15) is 0 Å². The van der Waals surface area contributed by atoms with Gasteiger partial charge in [-0.05, 0) is 61.4 Å². The van der Waals surface area contributed by atoms with Crippen molar-refractivity contribution in [3.05, 3.63) is 59.7 Å². The third kappa shape index (κ3) is 4.58. The Bertz CT molecular complexity index is 947. The van der Waals surface area contributed by atoms with E-state index in [4.69, 9.17) is 5.11 Å². The Morgan fingerprint density at radius 2 is 1.46 bits per heavy atom. The number of aromatic carboxylic acids is 1. The summed E-state index contributed by atoms with van der Waals surface area (Å²) in [5.41, 5.74) is 1.21. The van der Waals surface area contributed by atoms with Gasteiger partial charge < -0.3 is 10.4 Å². The van der Waals surface area contributed by atoms with Crippen molar-refractivity contribution in [3.8, 4) is 0 Å². The van der Waals surface area contributed by atoms with Crippen molar-refractivity contribution in [1.82, 2.24) is 4.31 Å². The van der Waals surface area contributed by atoms with Gasteiger partial charge >= 0.3 is 5.97 Å². The maximum Gasteiger partial charge on any atom is 0.335 e. The smallest absolute Gasteiger partial charge is 0.335 e. The highest BCUT2D eigenvalue weighted by Gasteiger charge is 2.25. The van der Waals surface area contributed by atoms with Crippen LogP contribution in [0.25, 0.3) is 0 Å². The first-order valence-corrected chi connectivity index (χ1v) is 10.5. The molecule has 3 rings (SSSR count). The number of carbonyl (C=O) groups excluding carboxylic acids is 1. The van der Waals surface area contributed by atoms with Crippen molar-refractivity contribution in [2.45, 2.75) is 24.2 Å². The number of nitrogens with zero attached hydrogens (tertiary/aromatic N) is 1. The molecule has 0 spiro atoms.